The van der Waals surface area contributed by atoms with E-state index in [-0.39, 0.29) is 17.9 Å². The molecule has 1 heterocycles. The zero-order chi connectivity index (χ0) is 13.0. The van der Waals surface area contributed by atoms with Crippen molar-refractivity contribution in [3.05, 3.63) is 29.8 Å². The minimum Gasteiger partial charge on any atom is -0.354 e. The highest BCUT2D eigenvalue weighted by atomic mass is 16.2. The summed E-state index contributed by atoms with van der Waals surface area (Å²) in [7, 11) is 0. The van der Waals surface area contributed by atoms with Gasteiger partial charge in [-0.1, -0.05) is 12.1 Å². The fourth-order valence-corrected chi connectivity index (χ4v) is 1.93. The van der Waals surface area contributed by atoms with Gasteiger partial charge in [0.1, 0.15) is 0 Å². The zero-order valence-electron chi connectivity index (χ0n) is 9.90. The average Bonchev–Trinajstić information content (AvgIpc) is 2.41. The van der Waals surface area contributed by atoms with Crippen molar-refractivity contribution in [2.75, 3.05) is 12.0 Å². The molecule has 1 saturated heterocycles. The summed E-state index contributed by atoms with van der Waals surface area (Å²) in [5.41, 5.74) is 3.57. The first-order chi connectivity index (χ1) is 8.70. The van der Waals surface area contributed by atoms with Gasteiger partial charge in [-0.05, 0) is 18.6 Å². The van der Waals surface area contributed by atoms with Crippen LogP contribution in [0.25, 0.3) is 0 Å². The zero-order valence-corrected chi connectivity index (χ0v) is 9.90. The van der Waals surface area contributed by atoms with Crippen molar-refractivity contribution >= 4 is 17.5 Å². The van der Waals surface area contributed by atoms with E-state index in [1.165, 1.54) is 0 Å². The first-order valence-corrected chi connectivity index (χ1v) is 5.84. The second kappa shape index (κ2) is 5.50. The molecule has 0 bridgehead atoms. The number of rotatable bonds is 3. The van der Waals surface area contributed by atoms with Gasteiger partial charge >= 0.3 is 0 Å². The van der Waals surface area contributed by atoms with E-state index >= 15 is 0 Å². The fraction of sp³-hybridized carbons (Fsp3) is 0.333. The fourth-order valence-electron chi connectivity index (χ4n) is 1.93. The number of amides is 2. The lowest BCUT2D eigenvalue weighted by atomic mass is 10.1. The maximum absolute atomic E-state index is 12.1. The van der Waals surface area contributed by atoms with Gasteiger partial charge in [-0.15, -0.1) is 0 Å². The van der Waals surface area contributed by atoms with E-state index in [4.69, 9.17) is 5.84 Å². The smallest absolute Gasteiger partial charge is 0.253 e. The Hall–Kier alpha value is -2.08. The number of anilines is 1. The molecule has 0 aliphatic carbocycles. The van der Waals surface area contributed by atoms with E-state index in [1.54, 1.807) is 24.3 Å². The maximum atomic E-state index is 12.1. The molecule has 0 radical (unpaired) electrons. The van der Waals surface area contributed by atoms with Gasteiger partial charge in [0.05, 0.1) is 11.3 Å². The van der Waals surface area contributed by atoms with Crippen LogP contribution in [0.5, 0.6) is 0 Å². The maximum Gasteiger partial charge on any atom is 0.253 e. The van der Waals surface area contributed by atoms with Crippen molar-refractivity contribution in [1.82, 2.24) is 10.6 Å². The second-order valence-electron chi connectivity index (χ2n) is 4.20. The van der Waals surface area contributed by atoms with Gasteiger partial charge < -0.3 is 16.1 Å². The van der Waals surface area contributed by atoms with E-state index in [2.05, 4.69) is 16.1 Å². The van der Waals surface area contributed by atoms with Gasteiger partial charge in [0.15, 0.2) is 0 Å². The van der Waals surface area contributed by atoms with Crippen LogP contribution in [0.4, 0.5) is 5.69 Å². The average molecular weight is 248 g/mol. The molecule has 1 aliphatic heterocycles. The Balaban J connectivity index is 2.01. The molecule has 1 fully saturated rings. The predicted octanol–water partition coefficient (Wildman–Crippen LogP) is -0.0194. The molecule has 2 rings (SSSR count). The molecular weight excluding hydrogens is 232 g/mol. The number of hydrogen-bond acceptors (Lipinski definition) is 4. The summed E-state index contributed by atoms with van der Waals surface area (Å²) in [6.07, 6.45) is 1.11. The molecule has 6 nitrogen and oxygen atoms in total. The number of nitrogens with two attached hydrogens (primary N) is 1. The summed E-state index contributed by atoms with van der Waals surface area (Å²) < 4.78 is 0. The molecule has 1 unspecified atom stereocenters. The Labute approximate surface area is 105 Å². The largest absolute Gasteiger partial charge is 0.354 e. The van der Waals surface area contributed by atoms with Crippen molar-refractivity contribution in [3.63, 3.8) is 0 Å². The molecule has 2 amide bonds. The van der Waals surface area contributed by atoms with Gasteiger partial charge in [-0.3, -0.25) is 15.4 Å². The summed E-state index contributed by atoms with van der Waals surface area (Å²) in [5, 5.41) is 5.60. The van der Waals surface area contributed by atoms with E-state index in [9.17, 15) is 9.59 Å². The second-order valence-corrected chi connectivity index (χ2v) is 4.20. The monoisotopic (exact) mass is 248 g/mol. The van der Waals surface area contributed by atoms with Crippen LogP contribution in [-0.4, -0.2) is 24.4 Å². The normalized spacial score (nSPS) is 18.9. The third kappa shape index (κ3) is 2.78. The van der Waals surface area contributed by atoms with Gasteiger partial charge in [-0.2, -0.15) is 0 Å². The Morgan fingerprint density at radius 1 is 1.39 bits per heavy atom. The Bertz CT molecular complexity index is 451. The van der Waals surface area contributed by atoms with Crippen LogP contribution < -0.4 is 21.9 Å². The van der Waals surface area contributed by atoms with Crippen LogP contribution in [0.3, 0.4) is 0 Å². The number of hydrazine groups is 1. The highest BCUT2D eigenvalue weighted by Crippen LogP contribution is 2.14. The molecule has 18 heavy (non-hydrogen) atoms. The van der Waals surface area contributed by atoms with E-state index < -0.39 is 0 Å². The van der Waals surface area contributed by atoms with E-state index in [1.807, 2.05) is 0 Å². The molecule has 0 spiro atoms. The third-order valence-corrected chi connectivity index (χ3v) is 2.93. The van der Waals surface area contributed by atoms with Gasteiger partial charge in [0.2, 0.25) is 5.91 Å². The standard InChI is InChI=1S/C12H16N4O2/c13-16-10-4-2-1-3-9(10)12(18)15-8-5-6-11(17)14-7-8/h1-4,8,16H,5-7,13H2,(H,14,17)(H,15,18). The highest BCUT2D eigenvalue weighted by molar-refractivity contribution is 5.99. The first-order valence-electron chi connectivity index (χ1n) is 5.84. The van der Waals surface area contributed by atoms with Crippen LogP contribution in [0.1, 0.15) is 23.2 Å². The number of carbonyl (C=O) groups is 2. The topological polar surface area (TPSA) is 96.2 Å². The summed E-state index contributed by atoms with van der Waals surface area (Å²) in [6.45, 7) is 0.475. The predicted molar refractivity (Wildman–Crippen MR) is 67.8 cm³/mol. The van der Waals surface area contributed by atoms with E-state index in [0.717, 1.165) is 0 Å². The summed E-state index contributed by atoms with van der Waals surface area (Å²) in [4.78, 5) is 23.1. The third-order valence-electron chi connectivity index (χ3n) is 2.93. The Morgan fingerprint density at radius 3 is 2.83 bits per heavy atom. The van der Waals surface area contributed by atoms with Gasteiger partial charge in [-0.25, -0.2) is 0 Å². The first kappa shape index (κ1) is 12.4. The van der Waals surface area contributed by atoms with Gasteiger partial charge in [0.25, 0.3) is 5.91 Å². The molecule has 6 heteroatoms. The number of nitrogen functional groups attached to an aromatic ring is 1. The molecule has 1 aromatic rings. The van der Waals surface area contributed by atoms with Crippen molar-refractivity contribution in [1.29, 1.82) is 0 Å². The molecule has 96 valence electrons. The summed E-state index contributed by atoms with van der Waals surface area (Å²) >= 11 is 0. The van der Waals surface area contributed by atoms with Crippen LogP contribution in [0.2, 0.25) is 0 Å². The lowest BCUT2D eigenvalue weighted by molar-refractivity contribution is -0.122. The van der Waals surface area contributed by atoms with Crippen LogP contribution in [0.15, 0.2) is 24.3 Å². The molecule has 1 atom stereocenters. The summed E-state index contributed by atoms with van der Waals surface area (Å²) in [5.74, 6) is 5.19. The molecular formula is C12H16N4O2. The quantitative estimate of drug-likeness (QED) is 0.446. The van der Waals surface area contributed by atoms with Crippen LogP contribution in [0, 0.1) is 0 Å². The highest BCUT2D eigenvalue weighted by Gasteiger charge is 2.20. The number of nitrogens with one attached hydrogen (secondary N) is 3. The van der Waals surface area contributed by atoms with Crippen molar-refractivity contribution in [2.45, 2.75) is 18.9 Å². The molecule has 5 N–H and O–H groups in total. The molecule has 1 aromatic carbocycles. The number of benzene rings is 1. The van der Waals surface area contributed by atoms with Gasteiger partial charge in [0, 0.05) is 19.0 Å². The lowest BCUT2D eigenvalue weighted by Crippen LogP contribution is -2.47. The Kier molecular flexibility index (Phi) is 3.78. The van der Waals surface area contributed by atoms with Crippen LogP contribution >= 0.6 is 0 Å². The van der Waals surface area contributed by atoms with E-state index in [0.29, 0.717) is 30.6 Å². The number of piperidine rings is 1. The molecule has 1 aliphatic rings. The molecule has 0 aromatic heterocycles. The number of para-hydroxylation sites is 1. The number of carbonyl (C=O) groups excluding carboxylic acids is 2. The lowest BCUT2D eigenvalue weighted by Gasteiger charge is -2.23. The minimum atomic E-state index is -0.190. The Morgan fingerprint density at radius 2 is 2.17 bits per heavy atom. The van der Waals surface area contributed by atoms with Crippen molar-refractivity contribution < 1.29 is 9.59 Å². The van der Waals surface area contributed by atoms with Crippen LogP contribution in [-0.2, 0) is 4.79 Å². The van der Waals surface area contributed by atoms with Crippen molar-refractivity contribution in [3.8, 4) is 0 Å². The minimum absolute atomic E-state index is 0.0268. The molecule has 0 saturated carbocycles. The van der Waals surface area contributed by atoms with Crippen molar-refractivity contribution in [2.24, 2.45) is 5.84 Å². The SMILES string of the molecule is NNc1ccccc1C(=O)NC1CCC(=O)NC1. The summed E-state index contributed by atoms with van der Waals surface area (Å²) in [6, 6.07) is 6.98. The number of hydrogen-bond donors (Lipinski definition) is 4.